The fourth-order valence-corrected chi connectivity index (χ4v) is 9.44. The molecule has 1 saturated heterocycles. The summed E-state index contributed by atoms with van der Waals surface area (Å²) in [6.45, 7) is -0.0933. The molecule has 2 N–H and O–H groups in total. The first-order valence-corrected chi connectivity index (χ1v) is 12.3. The number of nitrogens with one attached hydrogen (secondary N) is 1. The fourth-order valence-electron chi connectivity index (χ4n) is 6.55. The van der Waals surface area contributed by atoms with Crippen molar-refractivity contribution in [1.29, 1.82) is 0 Å². The molecule has 2 bridgehead atoms. The van der Waals surface area contributed by atoms with Crippen molar-refractivity contribution in [2.75, 3.05) is 6.54 Å². The summed E-state index contributed by atoms with van der Waals surface area (Å²) < 4.78 is 13.6. The lowest BCUT2D eigenvalue weighted by molar-refractivity contribution is -0.142. The number of aliphatic carboxylic acids is 1. The number of rotatable bonds is 4. The monoisotopic (exact) mass is 474 g/mol. The van der Waals surface area contributed by atoms with E-state index in [4.69, 9.17) is 5.11 Å². The number of thioether (sulfide) groups is 1. The van der Waals surface area contributed by atoms with Gasteiger partial charge in [-0.25, -0.2) is 4.39 Å². The number of likely N-dealkylation sites (tertiary alicyclic amines) is 1. The first kappa shape index (κ1) is 20.2. The van der Waals surface area contributed by atoms with Gasteiger partial charge in [-0.15, -0.1) is 11.8 Å². The standard InChI is InChI=1S/C22H19FN2O5S2/c23-9-3-1-8(2-4-9)13-14-10-7-11(17(14)31-19-18(13)32-22(30)24-19)16-15(10)20(28)25(21(16)29)6-5-12(26)27/h1-4,10-11,13-17H,5-7H2,(H,24,30)(H,26,27)/t10-,11-,13-,14-,15+,16-,17+/m1/s1. The van der Waals surface area contributed by atoms with Gasteiger partial charge < -0.3 is 10.1 Å². The number of carboxylic acids is 1. The van der Waals surface area contributed by atoms with Gasteiger partial charge >= 0.3 is 10.8 Å². The molecule has 2 aliphatic heterocycles. The number of imide groups is 1. The van der Waals surface area contributed by atoms with Crippen LogP contribution in [0.3, 0.4) is 0 Å². The lowest BCUT2D eigenvalue weighted by atomic mass is 9.68. The minimum Gasteiger partial charge on any atom is -0.481 e. The van der Waals surface area contributed by atoms with Gasteiger partial charge in [-0.05, 0) is 41.9 Å². The number of carbonyl (C=O) groups excluding carboxylic acids is 2. The van der Waals surface area contributed by atoms with E-state index in [9.17, 15) is 23.6 Å². The molecule has 32 heavy (non-hydrogen) atoms. The van der Waals surface area contributed by atoms with Crippen molar-refractivity contribution in [3.63, 3.8) is 0 Å². The van der Waals surface area contributed by atoms with Crippen molar-refractivity contribution in [3.8, 4) is 0 Å². The Morgan fingerprint density at radius 1 is 1.12 bits per heavy atom. The quantitative estimate of drug-likeness (QED) is 0.660. The molecule has 1 aromatic carbocycles. The number of aromatic amines is 1. The topological polar surface area (TPSA) is 108 Å². The molecular formula is C22H19FN2O5S2. The molecule has 0 spiro atoms. The first-order chi connectivity index (χ1) is 15.3. The number of nitrogens with zero attached hydrogens (tertiary/aromatic N) is 1. The Morgan fingerprint density at radius 3 is 2.50 bits per heavy atom. The predicted molar refractivity (Wildman–Crippen MR) is 114 cm³/mol. The zero-order valence-electron chi connectivity index (χ0n) is 16.7. The van der Waals surface area contributed by atoms with Crippen LogP contribution >= 0.6 is 23.1 Å². The van der Waals surface area contributed by atoms with Crippen LogP contribution in [-0.4, -0.2) is 44.6 Å². The van der Waals surface area contributed by atoms with Gasteiger partial charge in [0.25, 0.3) is 0 Å². The highest BCUT2D eigenvalue weighted by molar-refractivity contribution is 8.00. The van der Waals surface area contributed by atoms with Gasteiger partial charge in [-0.3, -0.25) is 24.1 Å². The lowest BCUT2D eigenvalue weighted by Gasteiger charge is -2.43. The maximum Gasteiger partial charge on any atom is 0.305 e. The number of carbonyl (C=O) groups is 3. The van der Waals surface area contributed by atoms with Crippen LogP contribution in [0.2, 0.25) is 0 Å². The van der Waals surface area contributed by atoms with Crippen LogP contribution in [0.1, 0.15) is 29.2 Å². The number of thiazole rings is 1. The van der Waals surface area contributed by atoms with E-state index in [0.29, 0.717) is 0 Å². The van der Waals surface area contributed by atoms with Gasteiger partial charge in [-0.2, -0.15) is 0 Å². The van der Waals surface area contributed by atoms with E-state index in [2.05, 4.69) is 4.98 Å². The fraction of sp³-hybridized carbons (Fsp3) is 0.455. The highest BCUT2D eigenvalue weighted by Crippen LogP contribution is 2.68. The number of halogens is 1. The molecule has 2 aliphatic carbocycles. The number of benzene rings is 1. The minimum absolute atomic E-state index is 0.00854. The average molecular weight is 475 g/mol. The number of carboxylic acid groups (broad SMARTS) is 1. The van der Waals surface area contributed by atoms with Crippen LogP contribution in [0.25, 0.3) is 0 Å². The number of aromatic nitrogens is 1. The summed E-state index contributed by atoms with van der Waals surface area (Å²) >= 11 is 2.75. The van der Waals surface area contributed by atoms with E-state index >= 15 is 0 Å². The van der Waals surface area contributed by atoms with Gasteiger partial charge in [0.15, 0.2) is 0 Å². The molecule has 3 fully saturated rings. The van der Waals surface area contributed by atoms with E-state index in [1.165, 1.54) is 12.1 Å². The molecule has 166 valence electrons. The van der Waals surface area contributed by atoms with Gasteiger partial charge in [-0.1, -0.05) is 23.5 Å². The Hall–Kier alpha value is -2.46. The summed E-state index contributed by atoms with van der Waals surface area (Å²) in [5.74, 6) is -2.89. The van der Waals surface area contributed by atoms with Crippen molar-refractivity contribution in [2.24, 2.45) is 29.6 Å². The smallest absolute Gasteiger partial charge is 0.305 e. The van der Waals surface area contributed by atoms with Gasteiger partial charge in [0.2, 0.25) is 11.8 Å². The third kappa shape index (κ3) is 2.71. The summed E-state index contributed by atoms with van der Waals surface area (Å²) in [5, 5.41) is 9.87. The second-order valence-electron chi connectivity index (χ2n) is 8.98. The number of hydrogen-bond acceptors (Lipinski definition) is 6. The Kier molecular flexibility index (Phi) is 4.42. The van der Waals surface area contributed by atoms with Gasteiger partial charge in [0, 0.05) is 22.6 Å². The second kappa shape index (κ2) is 7.02. The molecule has 0 radical (unpaired) electrons. The van der Waals surface area contributed by atoms with E-state index < -0.39 is 17.8 Å². The Balaban J connectivity index is 1.41. The molecule has 3 heterocycles. The molecular weight excluding hydrogens is 455 g/mol. The molecule has 7 atom stereocenters. The zero-order chi connectivity index (χ0) is 22.3. The third-order valence-corrected chi connectivity index (χ3v) is 10.2. The molecule has 4 aliphatic rings. The summed E-state index contributed by atoms with van der Waals surface area (Å²) in [5.41, 5.74) is 0.904. The molecule has 0 unspecified atom stereocenters. The number of H-pyrrole nitrogens is 1. The van der Waals surface area contributed by atoms with Crippen LogP contribution in [0, 0.1) is 35.4 Å². The van der Waals surface area contributed by atoms with Crippen molar-refractivity contribution >= 4 is 40.9 Å². The summed E-state index contributed by atoms with van der Waals surface area (Å²) in [6.07, 6.45) is 0.503. The largest absolute Gasteiger partial charge is 0.481 e. The van der Waals surface area contributed by atoms with Crippen molar-refractivity contribution in [3.05, 3.63) is 50.2 Å². The van der Waals surface area contributed by atoms with Crippen LogP contribution in [0.4, 0.5) is 4.39 Å². The second-order valence-corrected chi connectivity index (χ2v) is 11.2. The Morgan fingerprint density at radius 2 is 1.81 bits per heavy atom. The molecule has 2 saturated carbocycles. The van der Waals surface area contributed by atoms with Gasteiger partial charge in [0.05, 0.1) is 23.3 Å². The minimum atomic E-state index is -1.04. The maximum atomic E-state index is 13.6. The Labute approximate surface area is 190 Å². The molecule has 1 aromatic heterocycles. The zero-order valence-corrected chi connectivity index (χ0v) is 18.3. The van der Waals surface area contributed by atoms with E-state index in [1.807, 2.05) is 0 Å². The van der Waals surface area contributed by atoms with E-state index in [0.717, 1.165) is 38.1 Å². The molecule has 2 aromatic rings. The SMILES string of the molecule is O=C(O)CCN1C(=O)[C@@H]2[C@H]3C[C@@H]([C@@H]2C1=O)[C@@H]1[C@@H](c2ccc(F)cc2)c2sc(=O)[nH]c2S[C@@H]31. The Bertz CT molecular complexity index is 1210. The number of hydrogen-bond donors (Lipinski definition) is 2. The molecule has 10 heteroatoms. The third-order valence-electron chi connectivity index (χ3n) is 7.59. The van der Waals surface area contributed by atoms with Crippen molar-refractivity contribution < 1.29 is 23.9 Å². The molecule has 6 rings (SSSR count). The van der Waals surface area contributed by atoms with E-state index in [1.54, 1.807) is 23.9 Å². The predicted octanol–water partition coefficient (Wildman–Crippen LogP) is 2.52. The lowest BCUT2D eigenvalue weighted by Crippen LogP contribution is -2.42. The molecule has 2 amide bonds. The first-order valence-electron chi connectivity index (χ1n) is 10.6. The van der Waals surface area contributed by atoms with Crippen LogP contribution in [0.15, 0.2) is 34.1 Å². The normalized spacial score (nSPS) is 34.5. The van der Waals surface area contributed by atoms with Crippen molar-refractivity contribution in [2.45, 2.75) is 29.0 Å². The highest BCUT2D eigenvalue weighted by Gasteiger charge is 2.69. The molecule has 7 nitrogen and oxygen atoms in total. The maximum absolute atomic E-state index is 13.6. The van der Waals surface area contributed by atoms with Crippen LogP contribution < -0.4 is 4.87 Å². The van der Waals surface area contributed by atoms with Gasteiger partial charge in [0.1, 0.15) is 5.82 Å². The van der Waals surface area contributed by atoms with Crippen LogP contribution in [0.5, 0.6) is 0 Å². The summed E-state index contributed by atoms with van der Waals surface area (Å²) in [4.78, 5) is 54.4. The number of amides is 2. The van der Waals surface area contributed by atoms with Crippen LogP contribution in [-0.2, 0) is 14.4 Å². The summed E-state index contributed by atoms with van der Waals surface area (Å²) in [6, 6.07) is 6.31. The summed E-state index contributed by atoms with van der Waals surface area (Å²) in [7, 11) is 0. The average Bonchev–Trinajstić information content (AvgIpc) is 3.47. The number of fused-ring (bicyclic) bond motifs is 9. The van der Waals surface area contributed by atoms with E-state index in [-0.39, 0.29) is 64.4 Å². The highest BCUT2D eigenvalue weighted by atomic mass is 32.2. The van der Waals surface area contributed by atoms with Crippen molar-refractivity contribution in [1.82, 2.24) is 9.88 Å².